The predicted molar refractivity (Wildman–Crippen MR) is 60.8 cm³/mol. The monoisotopic (exact) mass is 233 g/mol. The molecule has 0 aliphatic carbocycles. The highest BCUT2D eigenvalue weighted by molar-refractivity contribution is 7.99. The molecule has 16 heavy (non-hydrogen) atoms. The Balaban J connectivity index is 2.11. The van der Waals surface area contributed by atoms with Crippen molar-refractivity contribution in [3.05, 3.63) is 35.9 Å². The molecule has 0 radical (unpaired) electrons. The van der Waals surface area contributed by atoms with Crippen molar-refractivity contribution in [3.8, 4) is 0 Å². The lowest BCUT2D eigenvalue weighted by Gasteiger charge is -1.99. The van der Waals surface area contributed by atoms with E-state index in [1.165, 1.54) is 11.8 Å². The zero-order valence-electron chi connectivity index (χ0n) is 8.79. The van der Waals surface area contributed by atoms with Crippen LogP contribution in [0.15, 0.2) is 35.1 Å². The Morgan fingerprint density at radius 3 is 2.00 bits per heavy atom. The van der Waals surface area contributed by atoms with Crippen LogP contribution in [0.4, 0.5) is 0 Å². The number of hydrogen-bond acceptors (Lipinski definition) is 6. The molecule has 0 aromatic carbocycles. The van der Waals surface area contributed by atoms with Crippen LogP contribution in [0.25, 0.3) is 0 Å². The third kappa shape index (κ3) is 2.74. The summed E-state index contributed by atoms with van der Waals surface area (Å²) in [5, 5.41) is 1.27. The van der Waals surface area contributed by atoms with Gasteiger partial charge in [-0.15, -0.1) is 0 Å². The van der Waals surface area contributed by atoms with E-state index >= 15 is 0 Å². The van der Waals surface area contributed by atoms with Gasteiger partial charge in [0.15, 0.2) is 10.3 Å². The van der Waals surface area contributed by atoms with Crippen molar-refractivity contribution in [2.45, 2.75) is 23.8 Å². The van der Waals surface area contributed by atoms with E-state index in [4.69, 9.17) is 5.73 Å². The van der Waals surface area contributed by atoms with Crippen LogP contribution in [-0.4, -0.2) is 19.9 Å². The SMILES string of the molecule is Cc1cnc(Sc2ncc(CN)cn2)nc1. The fraction of sp³-hybridized carbons (Fsp3) is 0.200. The standard InChI is InChI=1S/C10H11N5S/c1-7-3-12-9(13-4-7)16-10-14-5-8(2-11)6-15-10/h3-6H,2,11H2,1H3. The molecule has 0 saturated heterocycles. The molecular formula is C10H11N5S. The predicted octanol–water partition coefficient (Wildman–Crippen LogP) is 1.18. The summed E-state index contributed by atoms with van der Waals surface area (Å²) in [5.74, 6) is 0. The van der Waals surface area contributed by atoms with Crippen LogP contribution in [0.5, 0.6) is 0 Å². The Bertz CT molecular complexity index is 454. The van der Waals surface area contributed by atoms with Gasteiger partial charge in [0.2, 0.25) is 0 Å². The topological polar surface area (TPSA) is 77.6 Å². The van der Waals surface area contributed by atoms with Gasteiger partial charge in [0.1, 0.15) is 0 Å². The second-order valence-corrected chi connectivity index (χ2v) is 4.16. The Kier molecular flexibility index (Phi) is 3.43. The first kappa shape index (κ1) is 11.0. The lowest BCUT2D eigenvalue weighted by atomic mass is 10.4. The molecule has 0 aliphatic rings. The molecule has 0 saturated carbocycles. The minimum absolute atomic E-state index is 0.450. The first-order valence-corrected chi connectivity index (χ1v) is 5.57. The second-order valence-electron chi connectivity index (χ2n) is 3.22. The van der Waals surface area contributed by atoms with E-state index in [-0.39, 0.29) is 0 Å². The summed E-state index contributed by atoms with van der Waals surface area (Å²) in [4.78, 5) is 16.6. The van der Waals surface area contributed by atoms with E-state index in [1.54, 1.807) is 24.8 Å². The highest BCUT2D eigenvalue weighted by Gasteiger charge is 2.02. The van der Waals surface area contributed by atoms with Crippen LogP contribution in [-0.2, 0) is 6.54 Å². The minimum Gasteiger partial charge on any atom is -0.326 e. The summed E-state index contributed by atoms with van der Waals surface area (Å²) in [7, 11) is 0. The van der Waals surface area contributed by atoms with Gasteiger partial charge in [-0.3, -0.25) is 0 Å². The zero-order valence-corrected chi connectivity index (χ0v) is 9.61. The lowest BCUT2D eigenvalue weighted by Crippen LogP contribution is -1.98. The van der Waals surface area contributed by atoms with Crippen molar-refractivity contribution in [1.29, 1.82) is 0 Å². The molecular weight excluding hydrogens is 222 g/mol. The maximum absolute atomic E-state index is 5.46. The van der Waals surface area contributed by atoms with Crippen molar-refractivity contribution >= 4 is 11.8 Å². The molecule has 2 rings (SSSR count). The third-order valence-corrected chi connectivity index (χ3v) is 2.64. The number of nitrogens with two attached hydrogens (primary N) is 1. The molecule has 6 heteroatoms. The van der Waals surface area contributed by atoms with Crippen LogP contribution in [0, 0.1) is 6.92 Å². The van der Waals surface area contributed by atoms with Gasteiger partial charge in [0.25, 0.3) is 0 Å². The van der Waals surface area contributed by atoms with E-state index in [1.807, 2.05) is 6.92 Å². The highest BCUT2D eigenvalue weighted by Crippen LogP contribution is 2.19. The highest BCUT2D eigenvalue weighted by atomic mass is 32.2. The second kappa shape index (κ2) is 5.00. The van der Waals surface area contributed by atoms with Crippen LogP contribution in [0.3, 0.4) is 0 Å². The van der Waals surface area contributed by atoms with Crippen molar-refractivity contribution in [3.63, 3.8) is 0 Å². The average molecular weight is 233 g/mol. The Morgan fingerprint density at radius 1 is 1.00 bits per heavy atom. The molecule has 0 fully saturated rings. The molecule has 5 nitrogen and oxygen atoms in total. The number of rotatable bonds is 3. The molecule has 0 atom stereocenters. The van der Waals surface area contributed by atoms with E-state index in [9.17, 15) is 0 Å². The number of hydrogen-bond donors (Lipinski definition) is 1. The smallest absolute Gasteiger partial charge is 0.195 e. The number of aryl methyl sites for hydroxylation is 1. The molecule has 0 bridgehead atoms. The Labute approximate surface area is 97.6 Å². The minimum atomic E-state index is 0.450. The summed E-state index contributed by atoms with van der Waals surface area (Å²) >= 11 is 1.33. The van der Waals surface area contributed by atoms with Crippen molar-refractivity contribution in [2.24, 2.45) is 5.73 Å². The Hall–Kier alpha value is -1.53. The summed E-state index contributed by atoms with van der Waals surface area (Å²) in [6.07, 6.45) is 6.96. The van der Waals surface area contributed by atoms with Gasteiger partial charge in [-0.1, -0.05) is 0 Å². The van der Waals surface area contributed by atoms with E-state index in [2.05, 4.69) is 19.9 Å². The van der Waals surface area contributed by atoms with Crippen LogP contribution >= 0.6 is 11.8 Å². The van der Waals surface area contributed by atoms with Crippen LogP contribution in [0.1, 0.15) is 11.1 Å². The summed E-state index contributed by atoms with van der Waals surface area (Å²) in [6.45, 7) is 2.40. The molecule has 0 spiro atoms. The Morgan fingerprint density at radius 2 is 1.50 bits per heavy atom. The van der Waals surface area contributed by atoms with E-state index in [0.29, 0.717) is 16.9 Å². The van der Waals surface area contributed by atoms with Crippen LogP contribution < -0.4 is 5.73 Å². The molecule has 82 valence electrons. The average Bonchev–Trinajstić information content (AvgIpc) is 2.33. The quantitative estimate of drug-likeness (QED) is 0.802. The number of nitrogens with zero attached hydrogens (tertiary/aromatic N) is 4. The summed E-state index contributed by atoms with van der Waals surface area (Å²) < 4.78 is 0. The molecule has 2 N–H and O–H groups in total. The van der Waals surface area contributed by atoms with E-state index in [0.717, 1.165) is 11.1 Å². The molecule has 0 unspecified atom stereocenters. The van der Waals surface area contributed by atoms with Crippen molar-refractivity contribution in [2.75, 3.05) is 0 Å². The van der Waals surface area contributed by atoms with Gasteiger partial charge in [-0.05, 0) is 24.2 Å². The molecule has 2 aromatic heterocycles. The van der Waals surface area contributed by atoms with Gasteiger partial charge in [0, 0.05) is 36.9 Å². The fourth-order valence-corrected chi connectivity index (χ4v) is 1.60. The normalized spacial score (nSPS) is 10.4. The number of aromatic nitrogens is 4. The molecule has 2 aromatic rings. The summed E-state index contributed by atoms with van der Waals surface area (Å²) in [5.41, 5.74) is 7.40. The largest absolute Gasteiger partial charge is 0.326 e. The van der Waals surface area contributed by atoms with Gasteiger partial charge < -0.3 is 5.73 Å². The fourth-order valence-electron chi connectivity index (χ4n) is 1.02. The maximum atomic E-state index is 5.46. The van der Waals surface area contributed by atoms with E-state index < -0.39 is 0 Å². The first-order chi connectivity index (χ1) is 7.78. The first-order valence-electron chi connectivity index (χ1n) is 4.75. The molecule has 0 aliphatic heterocycles. The summed E-state index contributed by atoms with van der Waals surface area (Å²) in [6, 6.07) is 0. The third-order valence-electron chi connectivity index (χ3n) is 1.86. The lowest BCUT2D eigenvalue weighted by molar-refractivity contribution is 0.894. The molecule has 2 heterocycles. The van der Waals surface area contributed by atoms with Gasteiger partial charge in [-0.25, -0.2) is 19.9 Å². The van der Waals surface area contributed by atoms with Gasteiger partial charge >= 0.3 is 0 Å². The zero-order chi connectivity index (χ0) is 11.4. The molecule has 0 amide bonds. The maximum Gasteiger partial charge on any atom is 0.195 e. The van der Waals surface area contributed by atoms with Crippen LogP contribution in [0.2, 0.25) is 0 Å². The van der Waals surface area contributed by atoms with Crippen molar-refractivity contribution in [1.82, 2.24) is 19.9 Å². The van der Waals surface area contributed by atoms with Gasteiger partial charge in [0.05, 0.1) is 0 Å². The van der Waals surface area contributed by atoms with Crippen molar-refractivity contribution < 1.29 is 0 Å². The van der Waals surface area contributed by atoms with Gasteiger partial charge in [-0.2, -0.15) is 0 Å².